The van der Waals surface area contributed by atoms with Gasteiger partial charge >= 0.3 is 0 Å². The molecule has 2 unspecified atom stereocenters. The van der Waals surface area contributed by atoms with Crippen molar-refractivity contribution in [2.75, 3.05) is 26.7 Å². The van der Waals surface area contributed by atoms with Gasteiger partial charge < -0.3 is 14.7 Å². The maximum Gasteiger partial charge on any atom is 0.0970 e. The zero-order valence-electron chi connectivity index (χ0n) is 7.36. The van der Waals surface area contributed by atoms with Gasteiger partial charge in [0.05, 0.1) is 18.8 Å². The largest absolute Gasteiger partial charge is 0.389 e. The lowest BCUT2D eigenvalue weighted by Crippen LogP contribution is -2.45. The van der Waals surface area contributed by atoms with Crippen LogP contribution in [0.2, 0.25) is 0 Å². The first-order chi connectivity index (χ1) is 5.74. The van der Waals surface area contributed by atoms with Crippen molar-refractivity contribution in [2.45, 2.75) is 18.6 Å². The monoisotopic (exact) mass is 169 g/mol. The van der Waals surface area contributed by atoms with Gasteiger partial charge in [0.15, 0.2) is 0 Å². The molecule has 0 aromatic heterocycles. The van der Waals surface area contributed by atoms with Gasteiger partial charge in [-0.15, -0.1) is 12.3 Å². The maximum absolute atomic E-state index is 9.50. The fourth-order valence-electron chi connectivity index (χ4n) is 1.30. The first-order valence-electron chi connectivity index (χ1n) is 4.15. The summed E-state index contributed by atoms with van der Waals surface area (Å²) in [4.78, 5) is 2.13. The summed E-state index contributed by atoms with van der Waals surface area (Å²) < 4.78 is 5.38. The van der Waals surface area contributed by atoms with Gasteiger partial charge in [0.1, 0.15) is 0 Å². The molecule has 1 heterocycles. The normalized spacial score (nSPS) is 27.9. The molecule has 2 atom stereocenters. The summed E-state index contributed by atoms with van der Waals surface area (Å²) in [7, 11) is 2.01. The van der Waals surface area contributed by atoms with Crippen LogP contribution in [0.4, 0.5) is 0 Å². The highest BCUT2D eigenvalue weighted by Gasteiger charge is 2.24. The number of morpholine rings is 1. The van der Waals surface area contributed by atoms with Crippen molar-refractivity contribution in [1.82, 2.24) is 4.90 Å². The van der Waals surface area contributed by atoms with Crippen LogP contribution >= 0.6 is 0 Å². The van der Waals surface area contributed by atoms with Gasteiger partial charge in [-0.05, 0) is 7.05 Å². The third-order valence-corrected chi connectivity index (χ3v) is 2.05. The van der Waals surface area contributed by atoms with Crippen LogP contribution in [-0.4, -0.2) is 49.0 Å². The number of hydrogen-bond acceptors (Lipinski definition) is 3. The van der Waals surface area contributed by atoms with Crippen molar-refractivity contribution in [3.8, 4) is 12.3 Å². The van der Waals surface area contributed by atoms with Crippen molar-refractivity contribution in [1.29, 1.82) is 0 Å². The molecular formula is C9H15NO2. The molecular weight excluding hydrogens is 154 g/mol. The number of rotatable bonds is 2. The van der Waals surface area contributed by atoms with E-state index in [0.717, 1.165) is 13.1 Å². The third kappa shape index (κ3) is 2.49. The molecule has 1 rings (SSSR count). The van der Waals surface area contributed by atoms with E-state index in [2.05, 4.69) is 10.8 Å². The third-order valence-electron chi connectivity index (χ3n) is 2.05. The van der Waals surface area contributed by atoms with Gasteiger partial charge in [0.2, 0.25) is 0 Å². The van der Waals surface area contributed by atoms with Crippen molar-refractivity contribution in [3.63, 3.8) is 0 Å². The minimum Gasteiger partial charge on any atom is -0.389 e. The standard InChI is InChI=1S/C9H15NO2/c1-3-4-8(11)9-7-10(2)5-6-12-9/h1,8-9,11H,4-7H2,2H3. The molecule has 1 aliphatic rings. The van der Waals surface area contributed by atoms with Crippen molar-refractivity contribution in [2.24, 2.45) is 0 Å². The summed E-state index contributed by atoms with van der Waals surface area (Å²) in [5.41, 5.74) is 0. The number of ether oxygens (including phenoxy) is 1. The smallest absolute Gasteiger partial charge is 0.0970 e. The predicted octanol–water partition coefficient (Wildman–Crippen LogP) is -0.299. The highest BCUT2D eigenvalue weighted by Crippen LogP contribution is 2.09. The number of likely N-dealkylation sites (N-methyl/N-ethyl adjacent to an activating group) is 1. The SMILES string of the molecule is C#CCC(O)C1CN(C)CCO1. The molecule has 1 aliphatic heterocycles. The lowest BCUT2D eigenvalue weighted by Gasteiger charge is -2.32. The molecule has 0 aromatic carbocycles. The Morgan fingerprint density at radius 3 is 3.17 bits per heavy atom. The van der Waals surface area contributed by atoms with Crippen LogP contribution in [0.25, 0.3) is 0 Å². The molecule has 0 aliphatic carbocycles. The topological polar surface area (TPSA) is 32.7 Å². The van der Waals surface area contributed by atoms with Gasteiger partial charge in [-0.1, -0.05) is 0 Å². The van der Waals surface area contributed by atoms with E-state index in [1.165, 1.54) is 0 Å². The molecule has 1 fully saturated rings. The maximum atomic E-state index is 9.50. The Labute approximate surface area is 73.3 Å². The van der Waals surface area contributed by atoms with Crippen LogP contribution in [0.3, 0.4) is 0 Å². The summed E-state index contributed by atoms with van der Waals surface area (Å²) in [6.45, 7) is 2.38. The van der Waals surface area contributed by atoms with Crippen LogP contribution in [-0.2, 0) is 4.74 Å². The molecule has 1 saturated heterocycles. The lowest BCUT2D eigenvalue weighted by atomic mass is 10.1. The summed E-state index contributed by atoms with van der Waals surface area (Å²) in [6.07, 6.45) is 4.84. The fraction of sp³-hybridized carbons (Fsp3) is 0.778. The minimum atomic E-state index is -0.516. The molecule has 12 heavy (non-hydrogen) atoms. The van der Waals surface area contributed by atoms with Crippen LogP contribution < -0.4 is 0 Å². The number of aliphatic hydroxyl groups excluding tert-OH is 1. The molecule has 0 bridgehead atoms. The van der Waals surface area contributed by atoms with Gasteiger partial charge in [-0.3, -0.25) is 0 Å². The van der Waals surface area contributed by atoms with Crippen LogP contribution in [0.15, 0.2) is 0 Å². The number of aliphatic hydroxyl groups is 1. The van der Waals surface area contributed by atoms with Crippen molar-refractivity contribution in [3.05, 3.63) is 0 Å². The second-order valence-corrected chi connectivity index (χ2v) is 3.15. The first-order valence-corrected chi connectivity index (χ1v) is 4.15. The molecule has 0 aromatic rings. The van der Waals surface area contributed by atoms with E-state index in [-0.39, 0.29) is 6.10 Å². The van der Waals surface area contributed by atoms with Crippen LogP contribution in [0.1, 0.15) is 6.42 Å². The number of hydrogen-bond donors (Lipinski definition) is 1. The highest BCUT2D eigenvalue weighted by molar-refractivity contribution is 4.90. The van der Waals surface area contributed by atoms with E-state index in [4.69, 9.17) is 11.2 Å². The fourth-order valence-corrected chi connectivity index (χ4v) is 1.30. The van der Waals surface area contributed by atoms with E-state index >= 15 is 0 Å². The predicted molar refractivity (Wildman–Crippen MR) is 46.7 cm³/mol. The second kappa shape index (κ2) is 4.46. The van der Waals surface area contributed by atoms with Crippen molar-refractivity contribution < 1.29 is 9.84 Å². The lowest BCUT2D eigenvalue weighted by molar-refractivity contribution is -0.0809. The summed E-state index contributed by atoms with van der Waals surface area (Å²) in [5, 5.41) is 9.50. The van der Waals surface area contributed by atoms with Gasteiger partial charge in [0, 0.05) is 19.5 Å². The Hall–Kier alpha value is -0.560. The average molecular weight is 169 g/mol. The Morgan fingerprint density at radius 2 is 2.58 bits per heavy atom. The van der Waals surface area contributed by atoms with Crippen molar-refractivity contribution >= 4 is 0 Å². The summed E-state index contributed by atoms with van der Waals surface area (Å²) in [5.74, 6) is 2.43. The summed E-state index contributed by atoms with van der Waals surface area (Å²) in [6, 6.07) is 0. The molecule has 0 spiro atoms. The molecule has 1 N–H and O–H groups in total. The second-order valence-electron chi connectivity index (χ2n) is 3.15. The van der Waals surface area contributed by atoms with Crippen LogP contribution in [0.5, 0.6) is 0 Å². The molecule has 0 radical (unpaired) electrons. The van der Waals surface area contributed by atoms with Gasteiger partial charge in [-0.25, -0.2) is 0 Å². The minimum absolute atomic E-state index is 0.111. The molecule has 0 amide bonds. The number of terminal acetylenes is 1. The van der Waals surface area contributed by atoms with E-state index in [9.17, 15) is 5.11 Å². The Balaban J connectivity index is 2.35. The highest BCUT2D eigenvalue weighted by atomic mass is 16.5. The molecule has 0 saturated carbocycles. The summed E-state index contributed by atoms with van der Waals surface area (Å²) >= 11 is 0. The van der Waals surface area contributed by atoms with Crippen LogP contribution in [0, 0.1) is 12.3 Å². The zero-order valence-corrected chi connectivity index (χ0v) is 7.36. The first kappa shape index (κ1) is 9.53. The molecule has 3 nitrogen and oxygen atoms in total. The van der Waals surface area contributed by atoms with E-state index in [0.29, 0.717) is 13.0 Å². The molecule has 3 heteroatoms. The Kier molecular flexibility index (Phi) is 3.54. The zero-order chi connectivity index (χ0) is 8.97. The quantitative estimate of drug-likeness (QED) is 0.576. The van der Waals surface area contributed by atoms with E-state index < -0.39 is 6.10 Å². The Bertz CT molecular complexity index is 176. The van der Waals surface area contributed by atoms with Gasteiger partial charge in [0.25, 0.3) is 0 Å². The Morgan fingerprint density at radius 1 is 1.83 bits per heavy atom. The average Bonchev–Trinajstić information content (AvgIpc) is 2.05. The van der Waals surface area contributed by atoms with E-state index in [1.807, 2.05) is 7.05 Å². The van der Waals surface area contributed by atoms with E-state index in [1.54, 1.807) is 0 Å². The number of nitrogens with zero attached hydrogens (tertiary/aromatic N) is 1. The molecule has 68 valence electrons. The van der Waals surface area contributed by atoms with Gasteiger partial charge in [-0.2, -0.15) is 0 Å².